The molecule has 0 nitrogen and oxygen atoms in total. The third kappa shape index (κ3) is 4.06. The second kappa shape index (κ2) is 8.49. The first kappa shape index (κ1) is 20.4. The van der Waals surface area contributed by atoms with E-state index in [0.29, 0.717) is 11.7 Å². The van der Waals surface area contributed by atoms with Crippen LogP contribution in [0.1, 0.15) is 5.56 Å². The molecule has 0 N–H and O–H groups in total. The minimum atomic E-state index is -5.04. The lowest BCUT2D eigenvalue weighted by atomic mass is 9.79. The summed E-state index contributed by atoms with van der Waals surface area (Å²) in [5, 5.41) is 3.47. The highest BCUT2D eigenvalue weighted by Gasteiger charge is 2.45. The predicted octanol–water partition coefficient (Wildman–Crippen LogP) is 5.24. The van der Waals surface area contributed by atoms with Gasteiger partial charge in [0.2, 0.25) is 0 Å². The van der Waals surface area contributed by atoms with Crippen molar-refractivity contribution in [2.75, 3.05) is 0 Å². The Hall–Kier alpha value is -2.84. The highest BCUT2D eigenvalue weighted by atomic mass is 31.2. The molecule has 0 bridgehead atoms. The Morgan fingerprint density at radius 2 is 0.967 bits per heavy atom. The average molecular weight is 420 g/mol. The van der Waals surface area contributed by atoms with Crippen molar-refractivity contribution < 1.29 is 12.9 Å². The fraction of sp³-hybridized carbons (Fsp3) is 0.0400. The summed E-state index contributed by atoms with van der Waals surface area (Å²) < 4.78 is 40.3. The Labute approximate surface area is 175 Å². The van der Waals surface area contributed by atoms with E-state index >= 15 is 0 Å². The maximum Gasteiger partial charge on any atom is 0.509 e. The van der Waals surface area contributed by atoms with Gasteiger partial charge in [-0.05, 0) is 42.0 Å². The monoisotopic (exact) mass is 420 g/mol. The molecule has 0 radical (unpaired) electrons. The van der Waals surface area contributed by atoms with E-state index in [1.807, 2.05) is 60.7 Å². The van der Waals surface area contributed by atoms with Crippen LogP contribution in [0.15, 0.2) is 115 Å². The van der Waals surface area contributed by atoms with Crippen LogP contribution in [-0.2, 0) is 6.16 Å². The minimum absolute atomic E-state index is 0.533. The van der Waals surface area contributed by atoms with Gasteiger partial charge in [0.1, 0.15) is 23.2 Å². The third-order valence-electron chi connectivity index (χ3n) is 5.34. The van der Waals surface area contributed by atoms with Crippen LogP contribution in [0.5, 0.6) is 0 Å². The van der Waals surface area contributed by atoms with E-state index in [1.54, 1.807) is 0 Å². The van der Waals surface area contributed by atoms with E-state index in [0.717, 1.165) is 22.0 Å². The van der Waals surface area contributed by atoms with E-state index in [4.69, 9.17) is 0 Å². The van der Waals surface area contributed by atoms with Gasteiger partial charge in [-0.25, -0.2) is 0 Å². The van der Waals surface area contributed by atoms with Gasteiger partial charge in [0.05, 0.1) is 6.16 Å². The van der Waals surface area contributed by atoms with Gasteiger partial charge in [0, 0.05) is 0 Å². The molecule has 0 heterocycles. The third-order valence-corrected chi connectivity index (χ3v) is 9.72. The minimum Gasteiger partial charge on any atom is -0.445 e. The van der Waals surface area contributed by atoms with Crippen molar-refractivity contribution in [3.63, 3.8) is 0 Å². The van der Waals surface area contributed by atoms with Gasteiger partial charge in [-0.2, -0.15) is 0 Å². The first-order chi connectivity index (χ1) is 14.5. The molecule has 4 aromatic rings. The largest absolute Gasteiger partial charge is 0.509 e. The summed E-state index contributed by atoms with van der Waals surface area (Å²) in [6, 6.07) is 36.4. The molecule has 0 aliphatic carbocycles. The molecule has 4 rings (SSSR count). The molecule has 0 aliphatic heterocycles. The van der Waals surface area contributed by atoms with Gasteiger partial charge in [-0.1, -0.05) is 78.9 Å². The Balaban J connectivity index is 1.96. The van der Waals surface area contributed by atoms with E-state index in [2.05, 4.69) is 36.4 Å². The second-order valence-corrected chi connectivity index (χ2v) is 10.8. The highest BCUT2D eigenvalue weighted by Crippen LogP contribution is 2.58. The second-order valence-electron chi connectivity index (χ2n) is 7.29. The normalized spacial score (nSPS) is 12.0. The Bertz CT molecular complexity index is 1000. The fourth-order valence-corrected chi connectivity index (χ4v) is 8.17. The standard InChI is InChI=1S/C25H21BF3P/c27-26(28,29)22-12-10-11-21(19-22)20-30(23-13-4-1-5-14-23,24-15-6-2-7-16-24)25-17-8-3-9-18-25/h1-19H,20H2. The Morgan fingerprint density at radius 1 is 0.533 bits per heavy atom. The van der Waals surface area contributed by atoms with E-state index in [1.165, 1.54) is 12.1 Å². The van der Waals surface area contributed by atoms with E-state index in [9.17, 15) is 12.9 Å². The van der Waals surface area contributed by atoms with Crippen molar-refractivity contribution in [2.24, 2.45) is 0 Å². The zero-order chi connectivity index (χ0) is 21.0. The van der Waals surface area contributed by atoms with Crippen LogP contribution in [-0.4, -0.2) is 6.98 Å². The summed E-state index contributed by atoms with van der Waals surface area (Å²) >= 11 is 0. The average Bonchev–Trinajstić information content (AvgIpc) is 2.79. The van der Waals surface area contributed by atoms with Crippen molar-refractivity contribution >= 4 is 35.6 Å². The van der Waals surface area contributed by atoms with Crippen LogP contribution in [0.4, 0.5) is 12.9 Å². The van der Waals surface area contributed by atoms with Crippen molar-refractivity contribution in [1.82, 2.24) is 0 Å². The van der Waals surface area contributed by atoms with Crippen molar-refractivity contribution in [2.45, 2.75) is 6.16 Å². The van der Waals surface area contributed by atoms with Crippen LogP contribution in [0.3, 0.4) is 0 Å². The summed E-state index contributed by atoms with van der Waals surface area (Å²) in [4.78, 5) is 0. The Morgan fingerprint density at radius 3 is 1.37 bits per heavy atom. The summed E-state index contributed by atoms with van der Waals surface area (Å²) in [5.41, 5.74) is 0.163. The van der Waals surface area contributed by atoms with Gasteiger partial charge in [0.15, 0.2) is 0 Å². The number of hydrogen-bond donors (Lipinski definition) is 0. The van der Waals surface area contributed by atoms with Crippen LogP contribution in [0.2, 0.25) is 0 Å². The molecule has 0 saturated heterocycles. The molecule has 5 heteroatoms. The SMILES string of the molecule is F[B-](F)(F)c1cccc(C[P+](c2ccccc2)(c2ccccc2)c2ccccc2)c1. The van der Waals surface area contributed by atoms with Crippen LogP contribution >= 0.6 is 7.26 Å². The lowest BCUT2D eigenvalue weighted by molar-refractivity contribution is 0.501. The molecule has 30 heavy (non-hydrogen) atoms. The highest BCUT2D eigenvalue weighted by molar-refractivity contribution is 7.95. The zero-order valence-electron chi connectivity index (χ0n) is 16.3. The lowest BCUT2D eigenvalue weighted by Crippen LogP contribution is -2.35. The fourth-order valence-electron chi connectivity index (χ4n) is 3.94. The predicted molar refractivity (Wildman–Crippen MR) is 124 cm³/mol. The molecule has 4 aromatic carbocycles. The van der Waals surface area contributed by atoms with Gasteiger partial charge >= 0.3 is 6.98 Å². The molecule has 0 aliphatic rings. The van der Waals surface area contributed by atoms with Crippen molar-refractivity contribution in [3.8, 4) is 0 Å². The summed E-state index contributed by atoms with van der Waals surface area (Å²) in [6.07, 6.45) is 0.533. The molecule has 0 aromatic heterocycles. The lowest BCUT2D eigenvalue weighted by Gasteiger charge is -2.28. The maximum absolute atomic E-state index is 13.4. The van der Waals surface area contributed by atoms with E-state index < -0.39 is 19.7 Å². The molecule has 150 valence electrons. The van der Waals surface area contributed by atoms with Crippen LogP contribution < -0.4 is 21.4 Å². The van der Waals surface area contributed by atoms with Crippen LogP contribution in [0, 0.1) is 0 Å². The molecule has 0 saturated carbocycles. The first-order valence-corrected chi connectivity index (χ1v) is 11.8. The molecular formula is C25H21BF3P. The van der Waals surface area contributed by atoms with Gasteiger partial charge in [0.25, 0.3) is 0 Å². The number of rotatable bonds is 6. The van der Waals surface area contributed by atoms with Crippen molar-refractivity contribution in [1.29, 1.82) is 0 Å². The van der Waals surface area contributed by atoms with E-state index in [-0.39, 0.29) is 0 Å². The quantitative estimate of drug-likeness (QED) is 0.296. The summed E-state index contributed by atoms with van der Waals surface area (Å²) in [6.45, 7) is -5.04. The summed E-state index contributed by atoms with van der Waals surface area (Å²) in [7, 11) is -2.21. The van der Waals surface area contributed by atoms with Gasteiger partial charge in [-0.15, -0.1) is 5.46 Å². The van der Waals surface area contributed by atoms with Gasteiger partial charge < -0.3 is 12.9 Å². The molecule has 0 atom stereocenters. The zero-order valence-corrected chi connectivity index (χ0v) is 17.2. The summed E-state index contributed by atoms with van der Waals surface area (Å²) in [5.74, 6) is 0. The number of halogens is 3. The molecule has 0 spiro atoms. The number of benzene rings is 4. The smallest absolute Gasteiger partial charge is 0.445 e. The molecular weight excluding hydrogens is 399 g/mol. The molecule has 0 fully saturated rings. The first-order valence-electron chi connectivity index (χ1n) is 9.84. The topological polar surface area (TPSA) is 0 Å². The van der Waals surface area contributed by atoms with Gasteiger partial charge in [-0.3, -0.25) is 0 Å². The number of hydrogen-bond acceptors (Lipinski definition) is 0. The molecule has 0 unspecified atom stereocenters. The molecule has 0 amide bonds. The van der Waals surface area contributed by atoms with Crippen molar-refractivity contribution in [3.05, 3.63) is 121 Å². The maximum atomic E-state index is 13.4. The Kier molecular flexibility index (Phi) is 5.79. The van der Waals surface area contributed by atoms with Crippen LogP contribution in [0.25, 0.3) is 0 Å².